The van der Waals surface area contributed by atoms with Gasteiger partial charge in [-0.05, 0) is 23.8 Å². The molecule has 0 saturated heterocycles. The second kappa shape index (κ2) is 6.65. The van der Waals surface area contributed by atoms with Crippen LogP contribution in [-0.2, 0) is 6.61 Å². The van der Waals surface area contributed by atoms with Crippen molar-refractivity contribution in [2.75, 3.05) is 12.4 Å². The van der Waals surface area contributed by atoms with Gasteiger partial charge in [0.25, 0.3) is 5.69 Å². The van der Waals surface area contributed by atoms with Crippen molar-refractivity contribution in [3.63, 3.8) is 0 Å². The molecule has 0 aromatic heterocycles. The summed E-state index contributed by atoms with van der Waals surface area (Å²) < 4.78 is 5.55. The minimum Gasteiger partial charge on any atom is -0.486 e. The number of nitrogens with zero attached hydrogens (tertiary/aromatic N) is 1. The van der Waals surface area contributed by atoms with Gasteiger partial charge in [-0.15, -0.1) is 0 Å². The monoisotopic (exact) mass is 326 g/mol. The van der Waals surface area contributed by atoms with Crippen molar-refractivity contribution in [3.8, 4) is 5.75 Å². The van der Waals surface area contributed by atoms with Crippen LogP contribution in [0.1, 0.15) is 5.56 Å². The number of ether oxygens (including phenoxy) is 1. The molecule has 1 N–H and O–H groups in total. The Hall–Kier alpha value is -1.98. The molecule has 0 aliphatic carbocycles. The molecule has 0 atom stereocenters. The molecule has 0 aliphatic rings. The summed E-state index contributed by atoms with van der Waals surface area (Å²) in [6.07, 6.45) is 0. The van der Waals surface area contributed by atoms with Crippen LogP contribution < -0.4 is 10.1 Å². The number of halogens is 2. The third kappa shape index (κ3) is 3.56. The van der Waals surface area contributed by atoms with E-state index in [-0.39, 0.29) is 12.3 Å². The SMILES string of the molecule is CNc1ccc(COc2c(Cl)cccc2Cl)cc1[N+](=O)[O-]. The van der Waals surface area contributed by atoms with E-state index >= 15 is 0 Å². The topological polar surface area (TPSA) is 64.4 Å². The lowest BCUT2D eigenvalue weighted by Gasteiger charge is -2.10. The highest BCUT2D eigenvalue weighted by atomic mass is 35.5. The molecule has 0 spiro atoms. The Balaban J connectivity index is 2.21. The van der Waals surface area contributed by atoms with Gasteiger partial charge in [0.1, 0.15) is 12.3 Å². The first-order valence-electron chi connectivity index (χ1n) is 6.05. The van der Waals surface area contributed by atoms with Crippen molar-refractivity contribution in [2.24, 2.45) is 0 Å². The maximum atomic E-state index is 11.0. The molecule has 0 bridgehead atoms. The van der Waals surface area contributed by atoms with E-state index in [0.29, 0.717) is 27.0 Å². The van der Waals surface area contributed by atoms with Gasteiger partial charge < -0.3 is 10.1 Å². The minimum absolute atomic E-state index is 0.0103. The van der Waals surface area contributed by atoms with Gasteiger partial charge in [-0.25, -0.2) is 0 Å². The van der Waals surface area contributed by atoms with Crippen LogP contribution in [0.15, 0.2) is 36.4 Å². The second-order valence-corrected chi connectivity index (χ2v) is 5.01. The zero-order valence-corrected chi connectivity index (χ0v) is 12.6. The molecule has 2 aromatic rings. The molecule has 2 rings (SSSR count). The van der Waals surface area contributed by atoms with Gasteiger partial charge in [-0.2, -0.15) is 0 Å². The summed E-state index contributed by atoms with van der Waals surface area (Å²) in [6.45, 7) is 0.133. The van der Waals surface area contributed by atoms with Crippen molar-refractivity contribution in [3.05, 3.63) is 62.1 Å². The highest BCUT2D eigenvalue weighted by molar-refractivity contribution is 6.37. The predicted molar refractivity (Wildman–Crippen MR) is 83.4 cm³/mol. The molecule has 0 heterocycles. The zero-order valence-electron chi connectivity index (χ0n) is 11.1. The van der Waals surface area contributed by atoms with Gasteiger partial charge in [-0.1, -0.05) is 35.3 Å². The summed E-state index contributed by atoms with van der Waals surface area (Å²) in [4.78, 5) is 10.6. The summed E-state index contributed by atoms with van der Waals surface area (Å²) in [5, 5.41) is 14.6. The van der Waals surface area contributed by atoms with Crippen LogP contribution in [0, 0.1) is 10.1 Å². The van der Waals surface area contributed by atoms with Crippen molar-refractivity contribution < 1.29 is 9.66 Å². The Kier molecular flexibility index (Phi) is 4.88. The van der Waals surface area contributed by atoms with Crippen LogP contribution in [0.3, 0.4) is 0 Å². The van der Waals surface area contributed by atoms with Gasteiger partial charge >= 0.3 is 0 Å². The molecule has 0 saturated carbocycles. The molecule has 0 aliphatic heterocycles. The molecule has 0 amide bonds. The summed E-state index contributed by atoms with van der Waals surface area (Å²) in [5.74, 6) is 0.362. The largest absolute Gasteiger partial charge is 0.486 e. The quantitative estimate of drug-likeness (QED) is 0.648. The average Bonchev–Trinajstić information content (AvgIpc) is 2.46. The molecule has 0 unspecified atom stereocenters. The number of rotatable bonds is 5. The molecule has 0 fully saturated rings. The number of nitro benzene ring substituents is 1. The fourth-order valence-electron chi connectivity index (χ4n) is 1.81. The summed E-state index contributed by atoms with van der Waals surface area (Å²) in [5.41, 5.74) is 1.08. The second-order valence-electron chi connectivity index (χ2n) is 4.20. The third-order valence-electron chi connectivity index (χ3n) is 2.83. The minimum atomic E-state index is -0.447. The van der Waals surface area contributed by atoms with E-state index in [1.54, 1.807) is 37.4 Å². The summed E-state index contributed by atoms with van der Waals surface area (Å²) >= 11 is 12.0. The fraction of sp³-hybridized carbons (Fsp3) is 0.143. The van der Waals surface area contributed by atoms with Crippen LogP contribution in [-0.4, -0.2) is 12.0 Å². The lowest BCUT2D eigenvalue weighted by molar-refractivity contribution is -0.384. The Labute approximate surface area is 131 Å². The predicted octanol–water partition coefficient (Wildman–Crippen LogP) is 4.52. The number of hydrogen-bond acceptors (Lipinski definition) is 4. The van der Waals surface area contributed by atoms with Crippen molar-refractivity contribution >= 4 is 34.6 Å². The Morgan fingerprint density at radius 2 is 1.90 bits per heavy atom. The zero-order chi connectivity index (χ0) is 15.4. The molecule has 5 nitrogen and oxygen atoms in total. The smallest absolute Gasteiger partial charge is 0.292 e. The van der Waals surface area contributed by atoms with E-state index in [1.165, 1.54) is 6.07 Å². The van der Waals surface area contributed by atoms with Crippen molar-refractivity contribution in [1.82, 2.24) is 0 Å². The molecule has 2 aromatic carbocycles. The lowest BCUT2D eigenvalue weighted by Crippen LogP contribution is -2.01. The van der Waals surface area contributed by atoms with Crippen LogP contribution in [0.2, 0.25) is 10.0 Å². The molecular formula is C14H12Cl2N2O3. The number of nitro groups is 1. The van der Waals surface area contributed by atoms with E-state index in [1.807, 2.05) is 0 Å². The van der Waals surface area contributed by atoms with Gasteiger partial charge in [0, 0.05) is 13.1 Å². The number of benzene rings is 2. The Morgan fingerprint density at radius 3 is 2.48 bits per heavy atom. The number of anilines is 1. The Morgan fingerprint density at radius 1 is 1.24 bits per heavy atom. The fourth-order valence-corrected chi connectivity index (χ4v) is 2.31. The molecule has 7 heteroatoms. The van der Waals surface area contributed by atoms with Gasteiger partial charge in [-0.3, -0.25) is 10.1 Å². The van der Waals surface area contributed by atoms with Crippen molar-refractivity contribution in [2.45, 2.75) is 6.61 Å². The highest BCUT2D eigenvalue weighted by Crippen LogP contribution is 2.33. The van der Waals surface area contributed by atoms with E-state index in [4.69, 9.17) is 27.9 Å². The first-order chi connectivity index (χ1) is 10.0. The average molecular weight is 327 g/mol. The van der Waals surface area contributed by atoms with Crippen LogP contribution in [0.4, 0.5) is 11.4 Å². The van der Waals surface area contributed by atoms with Gasteiger partial charge in [0.2, 0.25) is 0 Å². The first kappa shape index (κ1) is 15.4. The number of nitrogens with one attached hydrogen (secondary N) is 1. The van der Waals surface area contributed by atoms with Crippen LogP contribution >= 0.6 is 23.2 Å². The van der Waals surface area contributed by atoms with Gasteiger partial charge in [0.15, 0.2) is 5.75 Å². The maximum Gasteiger partial charge on any atom is 0.292 e. The Bertz CT molecular complexity index is 657. The maximum absolute atomic E-state index is 11.0. The van der Waals surface area contributed by atoms with E-state index in [0.717, 1.165) is 0 Å². The van der Waals surface area contributed by atoms with E-state index in [2.05, 4.69) is 5.32 Å². The molecule has 0 radical (unpaired) electrons. The standard InChI is InChI=1S/C14H12Cl2N2O3/c1-17-12-6-5-9(7-13(12)18(19)20)8-21-14-10(15)3-2-4-11(14)16/h2-7,17H,8H2,1H3. The summed E-state index contributed by atoms with van der Waals surface area (Å²) in [6, 6.07) is 9.86. The van der Waals surface area contributed by atoms with Crippen LogP contribution in [0.25, 0.3) is 0 Å². The molecule has 21 heavy (non-hydrogen) atoms. The van der Waals surface area contributed by atoms with Gasteiger partial charge in [0.05, 0.1) is 15.0 Å². The summed E-state index contributed by atoms with van der Waals surface area (Å²) in [7, 11) is 1.63. The van der Waals surface area contributed by atoms with Crippen LogP contribution in [0.5, 0.6) is 5.75 Å². The van der Waals surface area contributed by atoms with E-state index in [9.17, 15) is 10.1 Å². The number of hydrogen-bond donors (Lipinski definition) is 1. The van der Waals surface area contributed by atoms with Crippen molar-refractivity contribution in [1.29, 1.82) is 0 Å². The molecular weight excluding hydrogens is 315 g/mol. The first-order valence-corrected chi connectivity index (χ1v) is 6.80. The third-order valence-corrected chi connectivity index (χ3v) is 3.43. The number of para-hydroxylation sites is 1. The highest BCUT2D eigenvalue weighted by Gasteiger charge is 2.14. The lowest BCUT2D eigenvalue weighted by atomic mass is 10.2. The van der Waals surface area contributed by atoms with E-state index < -0.39 is 4.92 Å². The normalized spacial score (nSPS) is 10.2. The molecule has 110 valence electrons.